The smallest absolute Gasteiger partial charge is 0.254 e. The summed E-state index contributed by atoms with van der Waals surface area (Å²) in [6, 6.07) is 16.6. The van der Waals surface area contributed by atoms with Crippen molar-refractivity contribution in [3.8, 4) is 6.07 Å². The Kier molecular flexibility index (Phi) is 6.97. The Labute approximate surface area is 212 Å². The molecule has 0 radical (unpaired) electrons. The number of anilines is 1. The van der Waals surface area contributed by atoms with Gasteiger partial charge in [-0.3, -0.25) is 9.59 Å². The molecule has 3 unspecified atom stereocenters. The molecule has 182 valence electrons. The number of hydrogen-bond acceptors (Lipinski definition) is 4. The molecule has 2 aromatic rings. The van der Waals surface area contributed by atoms with Crippen LogP contribution in [0.3, 0.4) is 0 Å². The van der Waals surface area contributed by atoms with E-state index < -0.39 is 6.04 Å². The molecule has 3 aliphatic rings. The van der Waals surface area contributed by atoms with Gasteiger partial charge in [-0.2, -0.15) is 5.26 Å². The molecular weight excluding hydrogens is 460 g/mol. The molecule has 2 heterocycles. The van der Waals surface area contributed by atoms with Gasteiger partial charge in [-0.1, -0.05) is 30.5 Å². The van der Waals surface area contributed by atoms with E-state index in [-0.39, 0.29) is 17.9 Å². The van der Waals surface area contributed by atoms with E-state index in [0.29, 0.717) is 35.2 Å². The largest absolute Gasteiger partial charge is 0.370 e. The molecule has 0 bridgehead atoms. The molecule has 1 saturated carbocycles. The summed E-state index contributed by atoms with van der Waals surface area (Å²) >= 11 is 6.19. The van der Waals surface area contributed by atoms with Crippen LogP contribution in [0, 0.1) is 17.2 Å². The quantitative estimate of drug-likeness (QED) is 0.624. The maximum absolute atomic E-state index is 13.9. The lowest BCUT2D eigenvalue weighted by molar-refractivity contribution is -0.135. The van der Waals surface area contributed by atoms with Gasteiger partial charge in [0.1, 0.15) is 6.04 Å². The standard InChI is InChI=1S/C28H31ClN4O2/c29-23-7-3-6-22(17-23)27(34)33-25-8-2-1-5-21(25)18-26(33)28(35)32-14-4-13-31(15-16-32)24-11-9-20(19-30)10-12-24/h3,6-7,9-12,17,21,25-26H,1-2,4-5,8,13-16,18H2. The molecule has 3 fully saturated rings. The number of hydrogen-bond donors (Lipinski definition) is 0. The predicted octanol–water partition coefficient (Wildman–Crippen LogP) is 4.72. The fraction of sp³-hybridized carbons (Fsp3) is 0.464. The highest BCUT2D eigenvalue weighted by Gasteiger charge is 2.48. The highest BCUT2D eigenvalue weighted by Crippen LogP contribution is 2.41. The summed E-state index contributed by atoms with van der Waals surface area (Å²) in [5.41, 5.74) is 2.28. The number of benzene rings is 2. The third kappa shape index (κ3) is 4.88. The lowest BCUT2D eigenvalue weighted by Gasteiger charge is -2.35. The molecule has 5 rings (SSSR count). The molecule has 1 aliphatic carbocycles. The van der Waals surface area contributed by atoms with Gasteiger partial charge in [-0.05, 0) is 74.1 Å². The van der Waals surface area contributed by atoms with Crippen LogP contribution in [0.5, 0.6) is 0 Å². The molecule has 7 heteroatoms. The first-order valence-corrected chi connectivity index (χ1v) is 13.0. The minimum atomic E-state index is -0.406. The van der Waals surface area contributed by atoms with Crippen molar-refractivity contribution >= 4 is 29.1 Å². The zero-order valence-corrected chi connectivity index (χ0v) is 20.7. The topological polar surface area (TPSA) is 67.7 Å². The Hall–Kier alpha value is -3.04. The summed E-state index contributed by atoms with van der Waals surface area (Å²) in [6.07, 6.45) is 5.95. The van der Waals surface area contributed by atoms with E-state index in [1.165, 1.54) is 6.42 Å². The molecule has 2 amide bonds. The Morgan fingerprint density at radius 3 is 2.51 bits per heavy atom. The van der Waals surface area contributed by atoms with Crippen molar-refractivity contribution in [3.63, 3.8) is 0 Å². The second kappa shape index (κ2) is 10.3. The van der Waals surface area contributed by atoms with Gasteiger partial charge in [0.15, 0.2) is 0 Å². The number of carbonyl (C=O) groups excluding carboxylic acids is 2. The summed E-state index contributed by atoms with van der Waals surface area (Å²) in [5, 5.41) is 9.60. The average molecular weight is 491 g/mol. The summed E-state index contributed by atoms with van der Waals surface area (Å²) in [6.45, 7) is 2.91. The number of nitrogens with zero attached hydrogens (tertiary/aromatic N) is 4. The fourth-order valence-electron chi connectivity index (χ4n) is 6.10. The summed E-state index contributed by atoms with van der Waals surface area (Å²) in [4.78, 5) is 33.7. The van der Waals surface area contributed by atoms with Gasteiger partial charge < -0.3 is 14.7 Å². The van der Waals surface area contributed by atoms with Crippen LogP contribution in [0.15, 0.2) is 48.5 Å². The van der Waals surface area contributed by atoms with Crippen LogP contribution in [-0.4, -0.2) is 59.9 Å². The van der Waals surface area contributed by atoms with Gasteiger partial charge >= 0.3 is 0 Å². The second-order valence-electron chi connectivity index (χ2n) is 9.91. The number of halogens is 1. The van der Waals surface area contributed by atoms with Crippen molar-refractivity contribution in [1.29, 1.82) is 5.26 Å². The van der Waals surface area contributed by atoms with E-state index >= 15 is 0 Å². The Bertz CT molecular complexity index is 1130. The lowest BCUT2D eigenvalue weighted by atomic mass is 9.84. The third-order valence-corrected chi connectivity index (χ3v) is 8.08. The minimum Gasteiger partial charge on any atom is -0.370 e. The first kappa shape index (κ1) is 23.7. The number of likely N-dealkylation sites (tertiary alicyclic amines) is 1. The van der Waals surface area contributed by atoms with Crippen molar-refractivity contribution in [2.75, 3.05) is 31.1 Å². The van der Waals surface area contributed by atoms with Crippen LogP contribution in [0.25, 0.3) is 0 Å². The zero-order chi connectivity index (χ0) is 24.4. The molecule has 0 spiro atoms. The third-order valence-electron chi connectivity index (χ3n) is 7.85. The van der Waals surface area contributed by atoms with Crippen LogP contribution in [0.4, 0.5) is 5.69 Å². The number of nitriles is 1. The van der Waals surface area contributed by atoms with Gasteiger partial charge in [0.25, 0.3) is 5.91 Å². The van der Waals surface area contributed by atoms with Gasteiger partial charge in [-0.25, -0.2) is 0 Å². The summed E-state index contributed by atoms with van der Waals surface area (Å²) < 4.78 is 0. The Balaban J connectivity index is 1.33. The Morgan fingerprint density at radius 1 is 0.943 bits per heavy atom. The molecule has 0 aromatic heterocycles. The van der Waals surface area contributed by atoms with E-state index in [9.17, 15) is 9.59 Å². The Morgan fingerprint density at radius 2 is 1.74 bits per heavy atom. The van der Waals surface area contributed by atoms with E-state index in [1.807, 2.05) is 34.1 Å². The normalized spacial score (nSPS) is 24.5. The summed E-state index contributed by atoms with van der Waals surface area (Å²) in [7, 11) is 0. The molecule has 2 saturated heterocycles. The number of carbonyl (C=O) groups is 2. The van der Waals surface area contributed by atoms with Crippen LogP contribution < -0.4 is 4.90 Å². The van der Waals surface area contributed by atoms with Crippen LogP contribution in [0.1, 0.15) is 54.4 Å². The van der Waals surface area contributed by atoms with E-state index in [0.717, 1.165) is 50.9 Å². The van der Waals surface area contributed by atoms with E-state index in [1.54, 1.807) is 24.3 Å². The highest BCUT2D eigenvalue weighted by molar-refractivity contribution is 6.31. The molecule has 2 aromatic carbocycles. The maximum Gasteiger partial charge on any atom is 0.254 e. The van der Waals surface area contributed by atoms with Crippen molar-refractivity contribution in [3.05, 3.63) is 64.7 Å². The number of fused-ring (bicyclic) bond motifs is 1. The molecule has 35 heavy (non-hydrogen) atoms. The van der Waals surface area contributed by atoms with Crippen molar-refractivity contribution in [2.45, 2.75) is 50.6 Å². The average Bonchev–Trinajstić information content (AvgIpc) is 3.10. The highest BCUT2D eigenvalue weighted by atomic mass is 35.5. The van der Waals surface area contributed by atoms with E-state index in [4.69, 9.17) is 16.9 Å². The van der Waals surface area contributed by atoms with Gasteiger partial charge in [0.2, 0.25) is 5.91 Å². The molecule has 0 N–H and O–H groups in total. The van der Waals surface area contributed by atoms with Crippen molar-refractivity contribution in [1.82, 2.24) is 9.80 Å². The second-order valence-corrected chi connectivity index (χ2v) is 10.3. The molecule has 6 nitrogen and oxygen atoms in total. The van der Waals surface area contributed by atoms with E-state index in [2.05, 4.69) is 11.0 Å². The monoisotopic (exact) mass is 490 g/mol. The van der Waals surface area contributed by atoms with Gasteiger partial charge in [0, 0.05) is 48.5 Å². The van der Waals surface area contributed by atoms with Crippen LogP contribution in [0.2, 0.25) is 5.02 Å². The van der Waals surface area contributed by atoms with Crippen LogP contribution >= 0.6 is 11.6 Å². The minimum absolute atomic E-state index is 0.0747. The fourth-order valence-corrected chi connectivity index (χ4v) is 6.29. The predicted molar refractivity (Wildman–Crippen MR) is 136 cm³/mol. The molecule has 2 aliphatic heterocycles. The van der Waals surface area contributed by atoms with Crippen molar-refractivity contribution in [2.24, 2.45) is 5.92 Å². The molecular formula is C28H31ClN4O2. The SMILES string of the molecule is N#Cc1ccc(N2CCCN(C(=O)C3CC4CCCCC4N3C(=O)c3cccc(Cl)c3)CC2)cc1. The first-order valence-electron chi connectivity index (χ1n) is 12.7. The number of rotatable bonds is 3. The maximum atomic E-state index is 13.9. The first-order chi connectivity index (χ1) is 17.0. The van der Waals surface area contributed by atoms with Gasteiger partial charge in [0.05, 0.1) is 11.6 Å². The lowest BCUT2D eigenvalue weighted by Crippen LogP contribution is -2.51. The zero-order valence-electron chi connectivity index (χ0n) is 19.9. The summed E-state index contributed by atoms with van der Waals surface area (Å²) in [5.74, 6) is 0.397. The molecule has 3 atom stereocenters. The van der Waals surface area contributed by atoms with Crippen molar-refractivity contribution < 1.29 is 9.59 Å². The van der Waals surface area contributed by atoms with Gasteiger partial charge in [-0.15, -0.1) is 0 Å². The van der Waals surface area contributed by atoms with Crippen LogP contribution in [-0.2, 0) is 4.79 Å². The number of amides is 2.